The summed E-state index contributed by atoms with van der Waals surface area (Å²) in [6.45, 7) is 2.01. The van der Waals surface area contributed by atoms with Crippen LogP contribution in [0, 0.1) is 0 Å². The first kappa shape index (κ1) is 20.1. The molecule has 1 amide bonds. The van der Waals surface area contributed by atoms with E-state index in [2.05, 4.69) is 10.0 Å². The summed E-state index contributed by atoms with van der Waals surface area (Å²) in [6.07, 6.45) is 4.56. The molecule has 1 aromatic carbocycles. The molecule has 0 radical (unpaired) electrons. The van der Waals surface area contributed by atoms with Crippen molar-refractivity contribution in [3.8, 4) is 0 Å². The Kier molecular flexibility index (Phi) is 6.45. The second kappa shape index (κ2) is 9.01. The van der Waals surface area contributed by atoms with Gasteiger partial charge in [0.05, 0.1) is 23.7 Å². The predicted octanol–water partition coefficient (Wildman–Crippen LogP) is 3.71. The Hall–Kier alpha value is -2.68. The van der Waals surface area contributed by atoms with Gasteiger partial charge in [0.25, 0.3) is 0 Å². The largest absolute Gasteiger partial charge is 0.468 e. The van der Waals surface area contributed by atoms with E-state index in [-0.39, 0.29) is 23.4 Å². The van der Waals surface area contributed by atoms with Crippen LogP contribution in [-0.2, 0) is 21.4 Å². The van der Waals surface area contributed by atoms with Gasteiger partial charge in [-0.2, -0.15) is 0 Å². The number of rotatable bonds is 8. The van der Waals surface area contributed by atoms with Gasteiger partial charge < -0.3 is 9.73 Å². The van der Waals surface area contributed by atoms with Crippen LogP contribution in [0.5, 0.6) is 0 Å². The van der Waals surface area contributed by atoms with Crippen LogP contribution in [0.3, 0.4) is 0 Å². The Balaban J connectivity index is 1.57. The summed E-state index contributed by atoms with van der Waals surface area (Å²) in [7, 11) is -3.64. The summed E-state index contributed by atoms with van der Waals surface area (Å²) >= 11 is 1.59. The lowest BCUT2D eigenvalue weighted by Gasteiger charge is -2.09. The lowest BCUT2D eigenvalue weighted by molar-refractivity contribution is -0.117. The van der Waals surface area contributed by atoms with Crippen molar-refractivity contribution in [3.63, 3.8) is 0 Å². The van der Waals surface area contributed by atoms with Gasteiger partial charge in [0.2, 0.25) is 15.9 Å². The van der Waals surface area contributed by atoms with Crippen LogP contribution in [0.15, 0.2) is 75.6 Å². The molecule has 0 spiro atoms. The number of amides is 1. The maximum atomic E-state index is 12.3. The Morgan fingerprint density at radius 2 is 1.96 bits per heavy atom. The molecule has 0 aliphatic heterocycles. The minimum absolute atomic E-state index is 0.0649. The minimum atomic E-state index is -3.64. The quantitative estimate of drug-likeness (QED) is 0.548. The molecular weight excluding hydrogens is 396 g/mol. The average Bonchev–Trinajstić information content (AvgIpc) is 3.39. The van der Waals surface area contributed by atoms with Crippen molar-refractivity contribution in [2.45, 2.75) is 24.4 Å². The highest BCUT2D eigenvalue weighted by molar-refractivity contribution is 7.89. The van der Waals surface area contributed by atoms with Crippen LogP contribution in [0.1, 0.15) is 29.2 Å². The highest BCUT2D eigenvalue weighted by atomic mass is 32.2. The van der Waals surface area contributed by atoms with Crippen LogP contribution in [0.2, 0.25) is 0 Å². The van der Waals surface area contributed by atoms with Crippen molar-refractivity contribution in [3.05, 3.63) is 82.5 Å². The van der Waals surface area contributed by atoms with Crippen LogP contribution in [-0.4, -0.2) is 14.3 Å². The van der Waals surface area contributed by atoms with E-state index in [0.717, 1.165) is 10.4 Å². The van der Waals surface area contributed by atoms with Gasteiger partial charge in [-0.25, -0.2) is 13.1 Å². The third-order valence-electron chi connectivity index (χ3n) is 3.96. The lowest BCUT2D eigenvalue weighted by atomic mass is 10.2. The SMILES string of the molecule is CC(NC(=O)/C=C/c1ccc(S(=O)(=O)NCc2ccco2)cc1)c1cccs1. The molecule has 1 atom stereocenters. The normalized spacial score (nSPS) is 12.9. The highest BCUT2D eigenvalue weighted by Crippen LogP contribution is 2.18. The molecule has 3 rings (SSSR count). The van der Waals surface area contributed by atoms with Crippen molar-refractivity contribution >= 4 is 33.3 Å². The molecular formula is C20H20N2O4S2. The van der Waals surface area contributed by atoms with E-state index in [1.54, 1.807) is 41.7 Å². The molecule has 2 heterocycles. The van der Waals surface area contributed by atoms with Gasteiger partial charge in [0.1, 0.15) is 5.76 Å². The number of hydrogen-bond acceptors (Lipinski definition) is 5. The Morgan fingerprint density at radius 1 is 1.18 bits per heavy atom. The zero-order chi connectivity index (χ0) is 20.0. The monoisotopic (exact) mass is 416 g/mol. The average molecular weight is 417 g/mol. The third kappa shape index (κ3) is 5.41. The third-order valence-corrected chi connectivity index (χ3v) is 6.43. The number of hydrogen-bond donors (Lipinski definition) is 2. The van der Waals surface area contributed by atoms with E-state index in [4.69, 9.17) is 4.42 Å². The van der Waals surface area contributed by atoms with E-state index in [1.165, 1.54) is 24.5 Å². The number of nitrogens with one attached hydrogen (secondary N) is 2. The van der Waals surface area contributed by atoms with Gasteiger partial charge in [0.15, 0.2) is 0 Å². The molecule has 2 N–H and O–H groups in total. The smallest absolute Gasteiger partial charge is 0.244 e. The van der Waals surface area contributed by atoms with Crippen molar-refractivity contribution in [1.29, 1.82) is 0 Å². The van der Waals surface area contributed by atoms with E-state index in [1.807, 2.05) is 24.4 Å². The van der Waals surface area contributed by atoms with Gasteiger partial charge >= 0.3 is 0 Å². The highest BCUT2D eigenvalue weighted by Gasteiger charge is 2.14. The first-order chi connectivity index (χ1) is 13.4. The minimum Gasteiger partial charge on any atom is -0.468 e. The molecule has 146 valence electrons. The lowest BCUT2D eigenvalue weighted by Crippen LogP contribution is -2.23. The van der Waals surface area contributed by atoms with Crippen LogP contribution < -0.4 is 10.0 Å². The van der Waals surface area contributed by atoms with Crippen molar-refractivity contribution in [2.75, 3.05) is 0 Å². The fourth-order valence-corrected chi connectivity index (χ4v) is 4.19. The molecule has 0 aliphatic rings. The molecule has 1 unspecified atom stereocenters. The standard InChI is InChI=1S/C20H20N2O4S2/c1-15(19-5-3-13-27-19)22-20(23)11-8-16-6-9-18(10-7-16)28(24,25)21-14-17-4-2-12-26-17/h2-13,15,21H,14H2,1H3,(H,22,23)/b11-8+. The Bertz CT molecular complexity index is 1020. The summed E-state index contributed by atoms with van der Waals surface area (Å²) in [5, 5.41) is 4.85. The van der Waals surface area contributed by atoms with E-state index in [9.17, 15) is 13.2 Å². The summed E-state index contributed by atoms with van der Waals surface area (Å²) in [5.74, 6) is 0.323. The number of carbonyl (C=O) groups excluding carboxylic acids is 1. The summed E-state index contributed by atoms with van der Waals surface area (Å²) in [4.78, 5) is 13.3. The summed E-state index contributed by atoms with van der Waals surface area (Å²) < 4.78 is 32.2. The zero-order valence-corrected chi connectivity index (χ0v) is 16.8. The number of carbonyl (C=O) groups is 1. The van der Waals surface area contributed by atoms with Crippen LogP contribution in [0.25, 0.3) is 6.08 Å². The molecule has 0 saturated carbocycles. The molecule has 2 aromatic heterocycles. The number of sulfonamides is 1. The van der Waals surface area contributed by atoms with E-state index >= 15 is 0 Å². The fourth-order valence-electron chi connectivity index (χ4n) is 2.46. The van der Waals surface area contributed by atoms with Crippen LogP contribution >= 0.6 is 11.3 Å². The molecule has 3 aromatic rings. The van der Waals surface area contributed by atoms with E-state index in [0.29, 0.717) is 5.76 Å². The van der Waals surface area contributed by atoms with Crippen molar-refractivity contribution in [2.24, 2.45) is 0 Å². The van der Waals surface area contributed by atoms with E-state index < -0.39 is 10.0 Å². The molecule has 0 aliphatic carbocycles. The number of benzene rings is 1. The Morgan fingerprint density at radius 3 is 2.61 bits per heavy atom. The van der Waals surface area contributed by atoms with Gasteiger partial charge in [-0.1, -0.05) is 18.2 Å². The van der Waals surface area contributed by atoms with Gasteiger partial charge in [0, 0.05) is 11.0 Å². The Labute approximate surface area is 168 Å². The number of thiophene rings is 1. The topological polar surface area (TPSA) is 88.4 Å². The predicted molar refractivity (Wildman–Crippen MR) is 109 cm³/mol. The molecule has 6 nitrogen and oxygen atoms in total. The molecule has 28 heavy (non-hydrogen) atoms. The molecule has 0 saturated heterocycles. The summed E-state index contributed by atoms with van der Waals surface area (Å²) in [5.41, 5.74) is 0.726. The maximum Gasteiger partial charge on any atom is 0.244 e. The second-order valence-corrected chi connectivity index (χ2v) is 8.80. The first-order valence-electron chi connectivity index (χ1n) is 8.58. The number of furan rings is 1. The van der Waals surface area contributed by atoms with Gasteiger partial charge in [-0.15, -0.1) is 11.3 Å². The maximum absolute atomic E-state index is 12.3. The summed E-state index contributed by atoms with van der Waals surface area (Å²) in [6, 6.07) is 13.5. The van der Waals surface area contributed by atoms with Crippen molar-refractivity contribution in [1.82, 2.24) is 10.0 Å². The first-order valence-corrected chi connectivity index (χ1v) is 10.9. The molecule has 0 fully saturated rings. The molecule has 0 bridgehead atoms. The molecule has 8 heteroatoms. The van der Waals surface area contributed by atoms with Gasteiger partial charge in [-0.3, -0.25) is 4.79 Å². The second-order valence-electron chi connectivity index (χ2n) is 6.05. The zero-order valence-electron chi connectivity index (χ0n) is 15.2. The van der Waals surface area contributed by atoms with Crippen LogP contribution in [0.4, 0.5) is 0 Å². The fraction of sp³-hybridized carbons (Fsp3) is 0.150. The van der Waals surface area contributed by atoms with Gasteiger partial charge in [-0.05, 0) is 54.3 Å². The van der Waals surface area contributed by atoms with Crippen molar-refractivity contribution < 1.29 is 17.6 Å².